The maximum atomic E-state index is 12.9. The predicted octanol–water partition coefficient (Wildman–Crippen LogP) is 0.955. The van der Waals surface area contributed by atoms with Crippen molar-refractivity contribution in [3.63, 3.8) is 0 Å². The highest BCUT2D eigenvalue weighted by Crippen LogP contribution is 2.26. The molecule has 138 valence electrons. The van der Waals surface area contributed by atoms with Crippen molar-refractivity contribution < 1.29 is 22.7 Å². The van der Waals surface area contributed by atoms with Gasteiger partial charge in [-0.05, 0) is 37.1 Å². The summed E-state index contributed by atoms with van der Waals surface area (Å²) >= 11 is 0. The number of morpholine rings is 1. The molecule has 2 aliphatic heterocycles. The van der Waals surface area contributed by atoms with E-state index in [9.17, 15) is 13.2 Å². The smallest absolute Gasteiger partial charge is 0.243 e. The van der Waals surface area contributed by atoms with E-state index in [0.29, 0.717) is 45.0 Å². The first-order chi connectivity index (χ1) is 12.0. The number of methoxy groups -OCH3 is 1. The van der Waals surface area contributed by atoms with E-state index in [1.165, 1.54) is 11.4 Å². The van der Waals surface area contributed by atoms with Crippen molar-refractivity contribution in [3.8, 4) is 5.75 Å². The summed E-state index contributed by atoms with van der Waals surface area (Å²) in [7, 11) is -2.06. The second-order valence-electron chi connectivity index (χ2n) is 6.32. The van der Waals surface area contributed by atoms with Gasteiger partial charge in [-0.15, -0.1) is 0 Å². The number of benzene rings is 1. The van der Waals surface area contributed by atoms with Gasteiger partial charge in [-0.25, -0.2) is 8.42 Å². The maximum absolute atomic E-state index is 12.9. The molecule has 1 aromatic rings. The lowest BCUT2D eigenvalue weighted by Crippen LogP contribution is -2.49. The zero-order valence-electron chi connectivity index (χ0n) is 14.4. The molecule has 2 heterocycles. The summed E-state index contributed by atoms with van der Waals surface area (Å²) in [5.74, 6) is 0.371. The number of amides is 1. The van der Waals surface area contributed by atoms with Gasteiger partial charge in [-0.1, -0.05) is 0 Å². The molecule has 0 spiro atoms. The average molecular weight is 368 g/mol. The average Bonchev–Trinajstić information content (AvgIpc) is 2.68. The van der Waals surface area contributed by atoms with Gasteiger partial charge in [0.2, 0.25) is 15.9 Å². The first kappa shape index (κ1) is 18.2. The Balaban J connectivity index is 1.71. The maximum Gasteiger partial charge on any atom is 0.243 e. The van der Waals surface area contributed by atoms with E-state index in [1.807, 2.05) is 0 Å². The van der Waals surface area contributed by atoms with E-state index >= 15 is 0 Å². The molecule has 8 heteroatoms. The van der Waals surface area contributed by atoms with Gasteiger partial charge in [-0.2, -0.15) is 4.31 Å². The minimum atomic E-state index is -3.60. The zero-order chi connectivity index (χ0) is 17.9. The molecule has 0 unspecified atom stereocenters. The molecular formula is C17H24N2O5S. The lowest BCUT2D eigenvalue weighted by molar-refractivity contribution is -0.140. The highest BCUT2D eigenvalue weighted by Gasteiger charge is 2.35. The molecule has 25 heavy (non-hydrogen) atoms. The minimum Gasteiger partial charge on any atom is -0.497 e. The van der Waals surface area contributed by atoms with Crippen LogP contribution in [-0.4, -0.2) is 70.0 Å². The van der Waals surface area contributed by atoms with Crippen LogP contribution in [-0.2, 0) is 19.6 Å². The molecule has 2 aliphatic rings. The molecule has 0 radical (unpaired) electrons. The third-order valence-electron chi connectivity index (χ3n) is 4.75. The van der Waals surface area contributed by atoms with Crippen LogP contribution in [0, 0.1) is 5.92 Å². The fourth-order valence-electron chi connectivity index (χ4n) is 3.30. The summed E-state index contributed by atoms with van der Waals surface area (Å²) in [4.78, 5) is 14.7. The third-order valence-corrected chi connectivity index (χ3v) is 6.63. The quantitative estimate of drug-likeness (QED) is 0.791. The Labute approximate surface area is 148 Å². The topological polar surface area (TPSA) is 76.2 Å². The number of hydrogen-bond acceptors (Lipinski definition) is 5. The fourth-order valence-corrected chi connectivity index (χ4v) is 4.82. The number of ether oxygens (including phenoxy) is 2. The summed E-state index contributed by atoms with van der Waals surface area (Å²) in [6, 6.07) is 6.35. The van der Waals surface area contributed by atoms with Gasteiger partial charge < -0.3 is 14.4 Å². The molecule has 1 amide bonds. The van der Waals surface area contributed by atoms with Gasteiger partial charge in [0, 0.05) is 26.2 Å². The summed E-state index contributed by atoms with van der Waals surface area (Å²) < 4.78 is 37.5. The van der Waals surface area contributed by atoms with Crippen molar-refractivity contribution in [1.82, 2.24) is 9.21 Å². The Kier molecular flexibility index (Phi) is 5.61. The molecule has 0 aliphatic carbocycles. The Hall–Kier alpha value is -1.64. The van der Waals surface area contributed by atoms with Crippen molar-refractivity contribution in [2.45, 2.75) is 17.7 Å². The van der Waals surface area contributed by atoms with E-state index in [2.05, 4.69) is 0 Å². The standard InChI is InChI=1S/C17H24N2O5S/c1-23-15-4-6-16(7-5-15)25(21,22)19-8-2-3-14(13-19)17(20)18-9-11-24-12-10-18/h4-7,14H,2-3,8-13H2,1H3/t14-/m1/s1. The van der Waals surface area contributed by atoms with Crippen LogP contribution in [0.15, 0.2) is 29.2 Å². The molecule has 1 atom stereocenters. The minimum absolute atomic E-state index is 0.0398. The number of carbonyl (C=O) groups is 1. The molecule has 0 N–H and O–H groups in total. The number of carbonyl (C=O) groups excluding carboxylic acids is 1. The van der Waals surface area contributed by atoms with E-state index in [0.717, 1.165) is 6.42 Å². The fraction of sp³-hybridized carbons (Fsp3) is 0.588. The lowest BCUT2D eigenvalue weighted by atomic mass is 9.98. The van der Waals surface area contributed by atoms with Gasteiger partial charge in [0.1, 0.15) is 5.75 Å². The summed E-state index contributed by atoms with van der Waals surface area (Å²) in [6.07, 6.45) is 1.42. The first-order valence-electron chi connectivity index (χ1n) is 8.53. The van der Waals surface area contributed by atoms with E-state index in [1.54, 1.807) is 29.2 Å². The van der Waals surface area contributed by atoms with Gasteiger partial charge in [0.15, 0.2) is 0 Å². The van der Waals surface area contributed by atoms with Crippen molar-refractivity contribution >= 4 is 15.9 Å². The molecule has 2 fully saturated rings. The second kappa shape index (κ2) is 7.72. The number of piperidine rings is 1. The molecule has 3 rings (SSSR count). The highest BCUT2D eigenvalue weighted by molar-refractivity contribution is 7.89. The third kappa shape index (κ3) is 3.96. The number of hydrogen-bond donors (Lipinski definition) is 0. The van der Waals surface area contributed by atoms with Crippen LogP contribution >= 0.6 is 0 Å². The summed E-state index contributed by atoms with van der Waals surface area (Å²) in [5.41, 5.74) is 0. The molecule has 0 saturated carbocycles. The van der Waals surface area contributed by atoms with Gasteiger partial charge in [-0.3, -0.25) is 4.79 Å². The Morgan fingerprint density at radius 2 is 1.84 bits per heavy atom. The summed E-state index contributed by atoms with van der Waals surface area (Å²) in [5, 5.41) is 0. The van der Waals surface area contributed by atoms with Crippen LogP contribution < -0.4 is 4.74 Å². The Morgan fingerprint density at radius 1 is 1.16 bits per heavy atom. The number of sulfonamides is 1. The molecular weight excluding hydrogens is 344 g/mol. The number of rotatable bonds is 4. The van der Waals surface area contributed by atoms with Crippen molar-refractivity contribution in [2.75, 3.05) is 46.5 Å². The molecule has 7 nitrogen and oxygen atoms in total. The monoisotopic (exact) mass is 368 g/mol. The second-order valence-corrected chi connectivity index (χ2v) is 8.25. The highest BCUT2D eigenvalue weighted by atomic mass is 32.2. The number of nitrogens with zero attached hydrogens (tertiary/aromatic N) is 2. The van der Waals surface area contributed by atoms with Gasteiger partial charge in [0.25, 0.3) is 0 Å². The molecule has 0 aromatic heterocycles. The van der Waals surface area contributed by atoms with Crippen molar-refractivity contribution in [1.29, 1.82) is 0 Å². The normalized spacial score (nSPS) is 22.6. The predicted molar refractivity (Wildman–Crippen MR) is 91.9 cm³/mol. The SMILES string of the molecule is COc1ccc(S(=O)(=O)N2CCC[C@@H](C(=O)N3CCOCC3)C2)cc1. The zero-order valence-corrected chi connectivity index (χ0v) is 15.2. The van der Waals surface area contributed by atoms with Crippen LogP contribution in [0.1, 0.15) is 12.8 Å². The van der Waals surface area contributed by atoms with Crippen LogP contribution in [0.5, 0.6) is 5.75 Å². The van der Waals surface area contributed by atoms with E-state index in [4.69, 9.17) is 9.47 Å². The molecule has 0 bridgehead atoms. The van der Waals surface area contributed by atoms with Crippen LogP contribution in [0.2, 0.25) is 0 Å². The molecule has 1 aromatic carbocycles. The van der Waals surface area contributed by atoms with E-state index < -0.39 is 10.0 Å². The van der Waals surface area contributed by atoms with Crippen molar-refractivity contribution in [3.05, 3.63) is 24.3 Å². The van der Waals surface area contributed by atoms with E-state index in [-0.39, 0.29) is 23.3 Å². The van der Waals surface area contributed by atoms with Gasteiger partial charge in [0.05, 0.1) is 31.1 Å². The van der Waals surface area contributed by atoms with Crippen LogP contribution in [0.25, 0.3) is 0 Å². The Morgan fingerprint density at radius 3 is 2.48 bits per heavy atom. The molecule has 2 saturated heterocycles. The van der Waals surface area contributed by atoms with Crippen molar-refractivity contribution in [2.24, 2.45) is 5.92 Å². The lowest BCUT2D eigenvalue weighted by Gasteiger charge is -2.35. The largest absolute Gasteiger partial charge is 0.497 e. The Bertz CT molecular complexity index is 698. The first-order valence-corrected chi connectivity index (χ1v) is 9.97. The van der Waals surface area contributed by atoms with Crippen LogP contribution in [0.4, 0.5) is 0 Å². The van der Waals surface area contributed by atoms with Gasteiger partial charge >= 0.3 is 0 Å². The van der Waals surface area contributed by atoms with Crippen LogP contribution in [0.3, 0.4) is 0 Å². The summed E-state index contributed by atoms with van der Waals surface area (Å²) in [6.45, 7) is 2.95.